The summed E-state index contributed by atoms with van der Waals surface area (Å²) >= 11 is 0. The Balaban J connectivity index is 1.74. The molecule has 5 heteroatoms. The molecular formula is C16H25N3O2. The number of rotatable bonds is 3. The molecule has 5 nitrogen and oxygen atoms in total. The number of hydrogen-bond acceptors (Lipinski definition) is 5. The molecule has 116 valence electrons. The Hall–Kier alpha value is -1.36. The van der Waals surface area contributed by atoms with Gasteiger partial charge in [0.1, 0.15) is 0 Å². The summed E-state index contributed by atoms with van der Waals surface area (Å²) in [6.07, 6.45) is 11.1. The van der Waals surface area contributed by atoms with Crippen LogP contribution in [0, 0.1) is 0 Å². The van der Waals surface area contributed by atoms with Crippen LogP contribution in [0.4, 0.5) is 5.82 Å². The molecule has 1 spiro atoms. The van der Waals surface area contributed by atoms with E-state index in [1.54, 1.807) is 6.20 Å². The van der Waals surface area contributed by atoms with Crippen molar-refractivity contribution < 1.29 is 9.47 Å². The van der Waals surface area contributed by atoms with Crippen molar-refractivity contribution in [2.75, 3.05) is 31.2 Å². The van der Waals surface area contributed by atoms with E-state index in [-0.39, 0.29) is 5.60 Å². The normalized spacial score (nSPS) is 22.0. The van der Waals surface area contributed by atoms with Crippen molar-refractivity contribution in [1.82, 2.24) is 9.97 Å². The van der Waals surface area contributed by atoms with Gasteiger partial charge in [-0.25, -0.2) is 0 Å². The molecule has 2 fully saturated rings. The fraction of sp³-hybridized carbons (Fsp3) is 0.750. The third kappa shape index (κ3) is 3.46. The summed E-state index contributed by atoms with van der Waals surface area (Å²) in [7, 11) is 0. The molecule has 1 saturated heterocycles. The van der Waals surface area contributed by atoms with Crippen molar-refractivity contribution in [2.24, 2.45) is 0 Å². The van der Waals surface area contributed by atoms with E-state index in [2.05, 4.69) is 14.9 Å². The predicted octanol–water partition coefficient (Wildman–Crippen LogP) is 2.80. The third-order valence-corrected chi connectivity index (χ3v) is 4.48. The molecule has 0 radical (unpaired) electrons. The van der Waals surface area contributed by atoms with Gasteiger partial charge < -0.3 is 14.4 Å². The highest BCUT2D eigenvalue weighted by Gasteiger charge is 2.37. The van der Waals surface area contributed by atoms with Gasteiger partial charge in [-0.15, -0.1) is 0 Å². The molecule has 2 aliphatic rings. The molecule has 1 aromatic heterocycles. The molecule has 21 heavy (non-hydrogen) atoms. The average Bonchev–Trinajstić information content (AvgIpc) is 2.74. The monoisotopic (exact) mass is 291 g/mol. The zero-order valence-corrected chi connectivity index (χ0v) is 12.9. The lowest BCUT2D eigenvalue weighted by molar-refractivity contribution is -0.0654. The second-order valence-corrected chi connectivity index (χ2v) is 6.02. The van der Waals surface area contributed by atoms with Gasteiger partial charge >= 0.3 is 0 Å². The van der Waals surface area contributed by atoms with Crippen molar-refractivity contribution in [3.63, 3.8) is 0 Å². The quantitative estimate of drug-likeness (QED) is 0.857. The fourth-order valence-corrected chi connectivity index (χ4v) is 3.42. The molecule has 0 N–H and O–H groups in total. The number of nitrogens with zero attached hydrogens (tertiary/aromatic N) is 3. The number of aromatic nitrogens is 2. The summed E-state index contributed by atoms with van der Waals surface area (Å²) in [5.74, 6) is 1.52. The lowest BCUT2D eigenvalue weighted by Gasteiger charge is -2.43. The Morgan fingerprint density at radius 1 is 1.24 bits per heavy atom. The topological polar surface area (TPSA) is 47.5 Å². The Kier molecular flexibility index (Phi) is 4.58. The molecule has 0 aromatic carbocycles. The number of ether oxygens (including phenoxy) is 2. The number of morpholine rings is 1. The maximum absolute atomic E-state index is 6.19. The maximum Gasteiger partial charge on any atom is 0.234 e. The smallest absolute Gasteiger partial charge is 0.234 e. The molecule has 3 rings (SSSR count). The van der Waals surface area contributed by atoms with Gasteiger partial charge in [-0.05, 0) is 19.8 Å². The van der Waals surface area contributed by atoms with Crippen molar-refractivity contribution >= 4 is 5.82 Å². The van der Waals surface area contributed by atoms with Crippen LogP contribution in [0.25, 0.3) is 0 Å². The van der Waals surface area contributed by atoms with Crippen molar-refractivity contribution in [1.29, 1.82) is 0 Å². The van der Waals surface area contributed by atoms with Crippen LogP contribution in [-0.4, -0.2) is 41.9 Å². The molecule has 0 unspecified atom stereocenters. The summed E-state index contributed by atoms with van der Waals surface area (Å²) in [4.78, 5) is 11.1. The van der Waals surface area contributed by atoms with Crippen molar-refractivity contribution in [3.05, 3.63) is 12.4 Å². The Morgan fingerprint density at radius 3 is 2.81 bits per heavy atom. The first-order chi connectivity index (χ1) is 10.3. The van der Waals surface area contributed by atoms with E-state index < -0.39 is 0 Å². The molecule has 0 bridgehead atoms. The first kappa shape index (κ1) is 14.6. The van der Waals surface area contributed by atoms with E-state index >= 15 is 0 Å². The number of hydrogen-bond donors (Lipinski definition) is 0. The van der Waals surface area contributed by atoms with Gasteiger partial charge in [0.15, 0.2) is 5.82 Å². The van der Waals surface area contributed by atoms with E-state index in [9.17, 15) is 0 Å². The SMILES string of the molecule is CCOc1cncc(N2CCOC3(CCCCCC3)C2)n1. The lowest BCUT2D eigenvalue weighted by atomic mass is 9.92. The minimum absolute atomic E-state index is 0.0258. The van der Waals surface area contributed by atoms with Crippen LogP contribution in [0.5, 0.6) is 5.88 Å². The summed E-state index contributed by atoms with van der Waals surface area (Å²) in [6.45, 7) is 5.17. The number of anilines is 1. The molecule has 2 heterocycles. The van der Waals surface area contributed by atoms with E-state index in [0.29, 0.717) is 12.5 Å². The van der Waals surface area contributed by atoms with Gasteiger partial charge in [-0.3, -0.25) is 4.98 Å². The molecule has 1 aliphatic carbocycles. The highest BCUT2D eigenvalue weighted by molar-refractivity contribution is 5.39. The molecule has 1 aliphatic heterocycles. The predicted molar refractivity (Wildman–Crippen MR) is 81.8 cm³/mol. The zero-order chi connectivity index (χ0) is 14.5. The Bertz CT molecular complexity index is 459. The van der Waals surface area contributed by atoms with E-state index in [4.69, 9.17) is 9.47 Å². The van der Waals surface area contributed by atoms with E-state index in [0.717, 1.165) is 25.5 Å². The lowest BCUT2D eigenvalue weighted by Crippen LogP contribution is -2.52. The average molecular weight is 291 g/mol. The van der Waals surface area contributed by atoms with Crippen molar-refractivity contribution in [3.8, 4) is 5.88 Å². The van der Waals surface area contributed by atoms with E-state index in [1.807, 2.05) is 13.1 Å². The molecule has 0 atom stereocenters. The first-order valence-corrected chi connectivity index (χ1v) is 8.15. The fourth-order valence-electron chi connectivity index (χ4n) is 3.42. The van der Waals surface area contributed by atoms with Crippen molar-refractivity contribution in [2.45, 2.75) is 51.0 Å². The maximum atomic E-state index is 6.19. The summed E-state index contributed by atoms with van der Waals surface area (Å²) in [5, 5.41) is 0. The summed E-state index contributed by atoms with van der Waals surface area (Å²) in [6, 6.07) is 0. The van der Waals surface area contributed by atoms with Crippen LogP contribution in [0.2, 0.25) is 0 Å². The van der Waals surface area contributed by atoms with Crippen LogP contribution in [-0.2, 0) is 4.74 Å². The molecule has 1 saturated carbocycles. The molecular weight excluding hydrogens is 266 g/mol. The largest absolute Gasteiger partial charge is 0.477 e. The Morgan fingerprint density at radius 2 is 2.05 bits per heavy atom. The van der Waals surface area contributed by atoms with Gasteiger partial charge in [-0.2, -0.15) is 4.98 Å². The molecule has 1 aromatic rings. The zero-order valence-electron chi connectivity index (χ0n) is 12.9. The van der Waals surface area contributed by atoms with Crippen LogP contribution in [0.3, 0.4) is 0 Å². The van der Waals surface area contributed by atoms with Crippen LogP contribution < -0.4 is 9.64 Å². The standard InChI is InChI=1S/C16H25N3O2/c1-2-20-15-12-17-11-14(18-15)19-9-10-21-16(13-19)7-5-3-4-6-8-16/h11-12H,2-10,13H2,1H3. The first-order valence-electron chi connectivity index (χ1n) is 8.15. The van der Waals surface area contributed by atoms with E-state index in [1.165, 1.54) is 38.5 Å². The van der Waals surface area contributed by atoms with Crippen LogP contribution >= 0.6 is 0 Å². The second kappa shape index (κ2) is 6.60. The van der Waals surface area contributed by atoms with Crippen LogP contribution in [0.1, 0.15) is 45.4 Å². The van der Waals surface area contributed by atoms with Gasteiger partial charge in [0.25, 0.3) is 0 Å². The van der Waals surface area contributed by atoms with Crippen LogP contribution in [0.15, 0.2) is 12.4 Å². The summed E-state index contributed by atoms with van der Waals surface area (Å²) in [5.41, 5.74) is 0.0258. The van der Waals surface area contributed by atoms with Gasteiger partial charge in [-0.1, -0.05) is 25.7 Å². The van der Waals surface area contributed by atoms with Gasteiger partial charge in [0, 0.05) is 13.1 Å². The highest BCUT2D eigenvalue weighted by Crippen LogP contribution is 2.34. The Labute approximate surface area is 126 Å². The third-order valence-electron chi connectivity index (χ3n) is 4.48. The second-order valence-electron chi connectivity index (χ2n) is 6.02. The minimum Gasteiger partial charge on any atom is -0.477 e. The molecule has 0 amide bonds. The minimum atomic E-state index is 0.0258. The summed E-state index contributed by atoms with van der Waals surface area (Å²) < 4.78 is 11.7. The van der Waals surface area contributed by atoms with Gasteiger partial charge in [0.05, 0.1) is 31.2 Å². The van der Waals surface area contributed by atoms with Gasteiger partial charge in [0.2, 0.25) is 5.88 Å². The highest BCUT2D eigenvalue weighted by atomic mass is 16.5.